The monoisotopic (exact) mass is 403 g/mol. The summed E-state index contributed by atoms with van der Waals surface area (Å²) in [7, 11) is 0. The predicted octanol–water partition coefficient (Wildman–Crippen LogP) is 3.49. The molecule has 2 fully saturated rings. The Morgan fingerprint density at radius 3 is 2.38 bits per heavy atom. The average Bonchev–Trinajstić information content (AvgIpc) is 3.50. The van der Waals surface area contributed by atoms with Crippen molar-refractivity contribution in [2.24, 2.45) is 0 Å². The van der Waals surface area contributed by atoms with Crippen molar-refractivity contribution < 1.29 is 22.8 Å². The number of nitrogens with zero attached hydrogens (tertiary/aromatic N) is 2. The van der Waals surface area contributed by atoms with Gasteiger partial charge in [-0.2, -0.15) is 0 Å². The third-order valence-electron chi connectivity index (χ3n) is 5.43. The van der Waals surface area contributed by atoms with Gasteiger partial charge in [-0.25, -0.2) is 22.9 Å². The molecule has 1 heterocycles. The molecule has 5 nitrogen and oxygen atoms in total. The van der Waals surface area contributed by atoms with Crippen LogP contribution < -0.4 is 5.32 Å². The maximum Gasteiger partial charge on any atom is 0.326 e. The maximum atomic E-state index is 14.3. The Balaban J connectivity index is 1.56. The number of benzene rings is 2. The molecule has 0 bridgehead atoms. The standard InChI is InChI=1S/C21H20F3N3O2/c1-21(17-10-15(23)6-9-18(17)24)19(28)27(20(29)25-21)12-26(16-7-8-16)11-13-2-4-14(22)5-3-13/h2-6,9-10,16H,7-8,11-12H2,1H3,(H,25,29)/t21-/m0/s1. The Kier molecular flexibility index (Phi) is 4.82. The first-order valence-corrected chi connectivity index (χ1v) is 9.36. The number of carbonyl (C=O) groups excluding carboxylic acids is 2. The third-order valence-corrected chi connectivity index (χ3v) is 5.43. The van der Waals surface area contributed by atoms with Crippen molar-refractivity contribution in [1.82, 2.24) is 15.1 Å². The minimum absolute atomic E-state index is 0.0131. The van der Waals surface area contributed by atoms with Crippen LogP contribution in [0.4, 0.5) is 18.0 Å². The molecule has 1 aliphatic carbocycles. The Labute approximate surface area is 166 Å². The lowest BCUT2D eigenvalue weighted by Crippen LogP contribution is -2.44. The van der Waals surface area contributed by atoms with Gasteiger partial charge in [0.05, 0.1) is 6.67 Å². The van der Waals surface area contributed by atoms with Crippen LogP contribution in [0.25, 0.3) is 0 Å². The summed E-state index contributed by atoms with van der Waals surface area (Å²) in [6.07, 6.45) is 1.86. The molecular formula is C21H20F3N3O2. The van der Waals surface area contributed by atoms with Crippen molar-refractivity contribution in [3.05, 3.63) is 71.0 Å². The molecule has 152 valence electrons. The molecular weight excluding hydrogens is 383 g/mol. The van der Waals surface area contributed by atoms with Crippen molar-refractivity contribution in [3.8, 4) is 0 Å². The summed E-state index contributed by atoms with van der Waals surface area (Å²) < 4.78 is 41.1. The molecule has 0 spiro atoms. The van der Waals surface area contributed by atoms with Crippen LogP contribution in [0.2, 0.25) is 0 Å². The van der Waals surface area contributed by atoms with Gasteiger partial charge in [-0.05, 0) is 55.7 Å². The quantitative estimate of drug-likeness (QED) is 0.752. The van der Waals surface area contributed by atoms with E-state index in [-0.39, 0.29) is 24.1 Å². The van der Waals surface area contributed by atoms with Gasteiger partial charge in [-0.15, -0.1) is 0 Å². The number of nitrogens with one attached hydrogen (secondary N) is 1. The summed E-state index contributed by atoms with van der Waals surface area (Å²) in [6.45, 7) is 1.82. The fourth-order valence-corrected chi connectivity index (χ4v) is 3.63. The lowest BCUT2D eigenvalue weighted by Gasteiger charge is -2.27. The second-order valence-corrected chi connectivity index (χ2v) is 7.66. The Bertz CT molecular complexity index is 962. The van der Waals surface area contributed by atoms with E-state index in [2.05, 4.69) is 5.32 Å². The number of amides is 3. The van der Waals surface area contributed by atoms with E-state index in [9.17, 15) is 22.8 Å². The molecule has 2 aromatic carbocycles. The molecule has 0 unspecified atom stereocenters. The lowest BCUT2D eigenvalue weighted by molar-refractivity contribution is -0.132. The summed E-state index contributed by atoms with van der Waals surface area (Å²) in [5.74, 6) is -2.45. The molecule has 2 aliphatic rings. The van der Waals surface area contributed by atoms with Crippen molar-refractivity contribution >= 4 is 11.9 Å². The summed E-state index contributed by atoms with van der Waals surface area (Å²) in [5, 5.41) is 2.51. The van der Waals surface area contributed by atoms with Crippen molar-refractivity contribution in [2.75, 3.05) is 6.67 Å². The van der Waals surface area contributed by atoms with Gasteiger partial charge in [0.1, 0.15) is 23.0 Å². The molecule has 1 saturated heterocycles. The van der Waals surface area contributed by atoms with Crippen molar-refractivity contribution in [3.63, 3.8) is 0 Å². The minimum atomic E-state index is -1.69. The maximum absolute atomic E-state index is 14.3. The predicted molar refractivity (Wildman–Crippen MR) is 98.9 cm³/mol. The summed E-state index contributed by atoms with van der Waals surface area (Å²) in [6, 6.07) is 8.39. The summed E-state index contributed by atoms with van der Waals surface area (Å²) in [5.41, 5.74) is -1.05. The minimum Gasteiger partial charge on any atom is -0.319 e. The van der Waals surface area contributed by atoms with Crippen molar-refractivity contribution in [2.45, 2.75) is 37.9 Å². The zero-order valence-electron chi connectivity index (χ0n) is 15.8. The number of imide groups is 1. The number of urea groups is 1. The summed E-state index contributed by atoms with van der Waals surface area (Å²) >= 11 is 0. The molecule has 3 amide bonds. The Hall–Kier alpha value is -2.87. The van der Waals surface area contributed by atoms with E-state index in [1.54, 1.807) is 12.1 Å². The second kappa shape index (κ2) is 7.18. The van der Waals surface area contributed by atoms with Gasteiger partial charge in [0.2, 0.25) is 0 Å². The second-order valence-electron chi connectivity index (χ2n) is 7.66. The zero-order valence-corrected chi connectivity index (χ0v) is 15.8. The average molecular weight is 403 g/mol. The van der Waals surface area contributed by atoms with Gasteiger partial charge in [-0.1, -0.05) is 12.1 Å². The van der Waals surface area contributed by atoms with Crippen LogP contribution in [0.5, 0.6) is 0 Å². The Morgan fingerprint density at radius 2 is 1.72 bits per heavy atom. The molecule has 0 radical (unpaired) electrons. The fraction of sp³-hybridized carbons (Fsp3) is 0.333. The van der Waals surface area contributed by atoms with Crippen LogP contribution in [0.15, 0.2) is 42.5 Å². The fourth-order valence-electron chi connectivity index (χ4n) is 3.63. The summed E-state index contributed by atoms with van der Waals surface area (Å²) in [4.78, 5) is 28.6. The first kappa shape index (κ1) is 19.4. The first-order valence-electron chi connectivity index (χ1n) is 9.36. The van der Waals surface area contributed by atoms with E-state index >= 15 is 0 Å². The van der Waals surface area contributed by atoms with Gasteiger partial charge in [0.15, 0.2) is 0 Å². The van der Waals surface area contributed by atoms with E-state index in [0.29, 0.717) is 6.54 Å². The molecule has 2 aromatic rings. The highest BCUT2D eigenvalue weighted by molar-refractivity contribution is 6.07. The van der Waals surface area contributed by atoms with Gasteiger partial charge in [-0.3, -0.25) is 9.69 Å². The van der Waals surface area contributed by atoms with Gasteiger partial charge < -0.3 is 5.32 Å². The third kappa shape index (κ3) is 3.72. The number of halogens is 3. The molecule has 8 heteroatoms. The van der Waals surface area contributed by atoms with E-state index < -0.39 is 29.1 Å². The van der Waals surface area contributed by atoms with Crippen LogP contribution in [-0.2, 0) is 16.9 Å². The number of carbonyl (C=O) groups is 2. The highest BCUT2D eigenvalue weighted by atomic mass is 19.1. The van der Waals surface area contributed by atoms with Gasteiger partial charge >= 0.3 is 6.03 Å². The lowest BCUT2D eigenvalue weighted by atomic mass is 9.91. The molecule has 1 saturated carbocycles. The van der Waals surface area contributed by atoms with Crippen LogP contribution in [0.3, 0.4) is 0 Å². The molecule has 29 heavy (non-hydrogen) atoms. The molecule has 1 N–H and O–H groups in total. The van der Waals surface area contributed by atoms with E-state index in [0.717, 1.165) is 41.5 Å². The van der Waals surface area contributed by atoms with E-state index in [1.807, 2.05) is 4.90 Å². The first-order chi connectivity index (χ1) is 13.8. The highest BCUT2D eigenvalue weighted by Gasteiger charge is 2.51. The normalized spacial score (nSPS) is 21.8. The molecule has 4 rings (SSSR count). The number of hydrogen-bond acceptors (Lipinski definition) is 3. The Morgan fingerprint density at radius 1 is 1.07 bits per heavy atom. The molecule has 1 atom stereocenters. The smallest absolute Gasteiger partial charge is 0.319 e. The molecule has 0 aromatic heterocycles. The topological polar surface area (TPSA) is 52.7 Å². The van der Waals surface area contributed by atoms with Crippen LogP contribution in [-0.4, -0.2) is 34.4 Å². The van der Waals surface area contributed by atoms with Crippen molar-refractivity contribution in [1.29, 1.82) is 0 Å². The van der Waals surface area contributed by atoms with Crippen LogP contribution in [0.1, 0.15) is 30.9 Å². The highest BCUT2D eigenvalue weighted by Crippen LogP contribution is 2.33. The van der Waals surface area contributed by atoms with Crippen LogP contribution >= 0.6 is 0 Å². The largest absolute Gasteiger partial charge is 0.326 e. The van der Waals surface area contributed by atoms with Gasteiger partial charge in [0.25, 0.3) is 5.91 Å². The zero-order chi connectivity index (χ0) is 20.8. The number of rotatable bonds is 6. The molecule has 1 aliphatic heterocycles. The SMILES string of the molecule is C[C@@]1(c2cc(F)ccc2F)NC(=O)N(CN(Cc2ccc(F)cc2)C2CC2)C1=O. The number of hydrogen-bond donors (Lipinski definition) is 1. The van der Waals surface area contributed by atoms with Crippen LogP contribution in [0, 0.1) is 17.5 Å². The van der Waals surface area contributed by atoms with Gasteiger partial charge in [0, 0.05) is 18.2 Å². The van der Waals surface area contributed by atoms with E-state index in [4.69, 9.17) is 0 Å². The van der Waals surface area contributed by atoms with E-state index in [1.165, 1.54) is 19.1 Å².